The Kier molecular flexibility index (Phi) is 12.1. The average molecular weight is 716 g/mol. The van der Waals surface area contributed by atoms with Crippen LogP contribution in [0.2, 0.25) is 0 Å². The van der Waals surface area contributed by atoms with Crippen molar-refractivity contribution in [2.45, 2.75) is 76.5 Å². The molecule has 0 N–H and O–H groups in total. The molecule has 9 nitrogen and oxygen atoms in total. The summed E-state index contributed by atoms with van der Waals surface area (Å²) < 4.78 is 30.0. The highest BCUT2D eigenvalue weighted by Crippen LogP contribution is 2.42. The van der Waals surface area contributed by atoms with Gasteiger partial charge in [0, 0.05) is 44.2 Å². The predicted molar refractivity (Wildman–Crippen MR) is 160 cm³/mol. The number of ether oxygens (including phenoxy) is 5. The second-order valence-corrected chi connectivity index (χ2v) is 12.5. The van der Waals surface area contributed by atoms with E-state index < -0.39 is 52.9 Å². The molecule has 0 bridgehead atoms. The summed E-state index contributed by atoms with van der Waals surface area (Å²) in [5.41, 5.74) is 2.18. The van der Waals surface area contributed by atoms with Crippen molar-refractivity contribution in [2.24, 2.45) is 0 Å². The van der Waals surface area contributed by atoms with Crippen molar-refractivity contribution in [3.63, 3.8) is 0 Å². The first kappa shape index (κ1) is 32.9. The Morgan fingerprint density at radius 1 is 0.780 bits per heavy atom. The minimum absolute atomic E-state index is 0.166. The summed E-state index contributed by atoms with van der Waals surface area (Å²) >= 11 is 8.30. The number of carbonyl (C=O) groups is 4. The van der Waals surface area contributed by atoms with Crippen molar-refractivity contribution in [2.75, 3.05) is 6.61 Å². The van der Waals surface area contributed by atoms with E-state index in [4.69, 9.17) is 23.7 Å². The Labute approximate surface area is 260 Å². The fraction of sp³-hybridized carbons (Fsp3) is 0.448. The van der Waals surface area contributed by atoms with Crippen LogP contribution < -0.4 is 4.74 Å². The highest BCUT2D eigenvalue weighted by Gasteiger charge is 2.53. The first-order chi connectivity index (χ1) is 19.4. The van der Waals surface area contributed by atoms with Gasteiger partial charge in [0.1, 0.15) is 12.4 Å². The summed E-state index contributed by atoms with van der Waals surface area (Å²) in [6.07, 6.45) is -2.01. The number of carbonyl (C=O) groups excluding carboxylic acids is 4. The maximum atomic E-state index is 12.2. The lowest BCUT2D eigenvalue weighted by Crippen LogP contribution is -2.59. The Morgan fingerprint density at radius 2 is 1.34 bits per heavy atom. The van der Waals surface area contributed by atoms with Crippen molar-refractivity contribution in [1.82, 2.24) is 0 Å². The molecule has 5 atom stereocenters. The van der Waals surface area contributed by atoms with Crippen LogP contribution in [0.25, 0.3) is 0 Å². The Bertz CT molecular complexity index is 1270. The van der Waals surface area contributed by atoms with Crippen molar-refractivity contribution in [3.8, 4) is 5.75 Å². The van der Waals surface area contributed by atoms with Gasteiger partial charge in [0.2, 0.25) is 0 Å². The summed E-state index contributed by atoms with van der Waals surface area (Å²) in [6, 6.07) is 12.0. The largest absolute Gasteiger partial charge is 0.474 e. The summed E-state index contributed by atoms with van der Waals surface area (Å²) in [5.74, 6) is -2.02. The van der Waals surface area contributed by atoms with Crippen LogP contribution in [-0.2, 0) is 51.0 Å². The highest BCUT2D eigenvalue weighted by atomic mass is 79.9. The van der Waals surface area contributed by atoms with Gasteiger partial charge in [0.05, 0.1) is 9.72 Å². The number of halogens is 2. The maximum absolute atomic E-state index is 12.2. The van der Waals surface area contributed by atoms with Crippen LogP contribution >= 0.6 is 43.6 Å². The molecular formula is C29H32Br2O9S. The number of rotatable bonds is 10. The summed E-state index contributed by atoms with van der Waals surface area (Å²) in [6.45, 7) is 6.81. The minimum atomic E-state index is -1.23. The molecule has 0 spiro atoms. The molecule has 0 aromatic heterocycles. The Morgan fingerprint density at radius 3 is 1.90 bits per heavy atom. The van der Waals surface area contributed by atoms with Crippen LogP contribution in [0.1, 0.15) is 51.3 Å². The van der Waals surface area contributed by atoms with Gasteiger partial charge < -0.3 is 23.7 Å². The fourth-order valence-electron chi connectivity index (χ4n) is 4.39. The fourth-order valence-corrected chi connectivity index (χ4v) is 7.17. The SMILES string of the molecule is CCc1ccc(Cc2cc(Br)cc(Br)c2O[C@H]2S[C@@H](COC(C)=O)[C@@H](OC(C)=O)[C@H](OC(C)=O)[C@H]2OC(C)=O)cc1. The van der Waals surface area contributed by atoms with Gasteiger partial charge in [0.15, 0.2) is 23.7 Å². The van der Waals surface area contributed by atoms with E-state index in [1.54, 1.807) is 0 Å². The number of hydrogen-bond acceptors (Lipinski definition) is 10. The standard InChI is InChI=1S/C29H32Br2O9S/c1-6-19-7-9-20(10-8-19)11-21-12-22(30)13-23(31)25(21)40-29-28(39-18(5)35)27(38-17(4)34)26(37-16(3)33)24(41-29)14-36-15(2)32/h7-10,12-13,24,26-29H,6,11,14H2,1-5H3/t24-,26+,27-,28+,29-/m0/s1. The molecule has 2 aromatic carbocycles. The van der Waals surface area contributed by atoms with Crippen molar-refractivity contribution >= 4 is 67.5 Å². The van der Waals surface area contributed by atoms with Gasteiger partial charge in [-0.2, -0.15) is 0 Å². The van der Waals surface area contributed by atoms with Gasteiger partial charge >= 0.3 is 23.9 Å². The van der Waals surface area contributed by atoms with E-state index in [-0.39, 0.29) is 6.61 Å². The molecule has 222 valence electrons. The number of thioether (sulfide) groups is 1. The van der Waals surface area contributed by atoms with Gasteiger partial charge in [-0.25, -0.2) is 0 Å². The predicted octanol–water partition coefficient (Wildman–Crippen LogP) is 5.54. The number of esters is 4. The van der Waals surface area contributed by atoms with Crippen LogP contribution in [0.15, 0.2) is 45.3 Å². The quantitative estimate of drug-likeness (QED) is 0.229. The molecule has 0 amide bonds. The lowest BCUT2D eigenvalue weighted by molar-refractivity contribution is -0.190. The molecule has 12 heteroatoms. The molecule has 1 saturated heterocycles. The molecule has 41 heavy (non-hydrogen) atoms. The number of benzene rings is 2. The van der Waals surface area contributed by atoms with E-state index in [1.807, 2.05) is 12.1 Å². The molecule has 0 unspecified atom stereocenters. The maximum Gasteiger partial charge on any atom is 0.303 e. The summed E-state index contributed by atoms with van der Waals surface area (Å²) in [4.78, 5) is 48.1. The van der Waals surface area contributed by atoms with Crippen LogP contribution in [0.4, 0.5) is 0 Å². The van der Waals surface area contributed by atoms with E-state index in [1.165, 1.54) is 33.3 Å². The van der Waals surface area contributed by atoms with Crippen molar-refractivity contribution in [3.05, 3.63) is 62.0 Å². The molecule has 1 heterocycles. The minimum Gasteiger partial charge on any atom is -0.474 e. The second kappa shape index (κ2) is 15.1. The summed E-state index contributed by atoms with van der Waals surface area (Å²) in [5, 5.41) is -0.705. The van der Waals surface area contributed by atoms with Gasteiger partial charge in [-0.15, -0.1) is 11.8 Å². The zero-order valence-electron chi connectivity index (χ0n) is 23.3. The van der Waals surface area contributed by atoms with Gasteiger partial charge in [-0.05, 0) is 45.6 Å². The zero-order valence-corrected chi connectivity index (χ0v) is 27.3. The smallest absolute Gasteiger partial charge is 0.303 e. The molecule has 0 radical (unpaired) electrons. The van der Waals surface area contributed by atoms with Crippen molar-refractivity contribution < 1.29 is 42.9 Å². The zero-order chi connectivity index (χ0) is 30.3. The lowest BCUT2D eigenvalue weighted by atomic mass is 10.0. The molecule has 1 fully saturated rings. The van der Waals surface area contributed by atoms with Crippen LogP contribution in [0, 0.1) is 0 Å². The van der Waals surface area contributed by atoms with Crippen LogP contribution in [0.5, 0.6) is 5.75 Å². The van der Waals surface area contributed by atoms with Gasteiger partial charge in [-0.1, -0.05) is 47.1 Å². The van der Waals surface area contributed by atoms with E-state index in [9.17, 15) is 19.2 Å². The molecule has 0 saturated carbocycles. The molecule has 2 aromatic rings. The monoisotopic (exact) mass is 714 g/mol. The van der Waals surface area contributed by atoms with E-state index in [2.05, 4.69) is 63.0 Å². The Balaban J connectivity index is 2.06. The number of aryl methyl sites for hydroxylation is 1. The van der Waals surface area contributed by atoms with Crippen LogP contribution in [0.3, 0.4) is 0 Å². The molecule has 1 aliphatic heterocycles. The third-order valence-electron chi connectivity index (χ3n) is 6.09. The molecule has 0 aliphatic carbocycles. The topological polar surface area (TPSA) is 114 Å². The molecular weight excluding hydrogens is 684 g/mol. The van der Waals surface area contributed by atoms with E-state index in [0.29, 0.717) is 16.6 Å². The van der Waals surface area contributed by atoms with E-state index in [0.717, 1.165) is 33.8 Å². The number of hydrogen-bond donors (Lipinski definition) is 0. The normalized spacial score (nSPS) is 21.9. The van der Waals surface area contributed by atoms with Crippen LogP contribution in [-0.4, -0.2) is 59.5 Å². The molecule has 3 rings (SSSR count). The lowest BCUT2D eigenvalue weighted by Gasteiger charge is -2.43. The first-order valence-corrected chi connectivity index (χ1v) is 15.4. The Hall–Kier alpha value is -2.57. The van der Waals surface area contributed by atoms with Gasteiger partial charge in [-0.3, -0.25) is 19.2 Å². The summed E-state index contributed by atoms with van der Waals surface area (Å²) in [7, 11) is 0. The molecule has 1 aliphatic rings. The first-order valence-electron chi connectivity index (χ1n) is 12.9. The third kappa shape index (κ3) is 9.47. The van der Waals surface area contributed by atoms with Gasteiger partial charge in [0.25, 0.3) is 0 Å². The average Bonchev–Trinajstić information content (AvgIpc) is 2.87. The highest BCUT2D eigenvalue weighted by molar-refractivity contribution is 9.11. The third-order valence-corrected chi connectivity index (χ3v) is 8.53. The van der Waals surface area contributed by atoms with Crippen molar-refractivity contribution in [1.29, 1.82) is 0 Å². The van der Waals surface area contributed by atoms with E-state index >= 15 is 0 Å². The second-order valence-electron chi connectivity index (χ2n) is 9.41.